The second kappa shape index (κ2) is 6.38. The number of rotatable bonds is 5. The molecule has 0 aliphatic heterocycles. The molecular formula is C15H17N3S. The van der Waals surface area contributed by atoms with E-state index in [0.29, 0.717) is 0 Å². The van der Waals surface area contributed by atoms with E-state index in [1.807, 2.05) is 37.6 Å². The van der Waals surface area contributed by atoms with Gasteiger partial charge in [-0.1, -0.05) is 48.7 Å². The molecule has 3 nitrogen and oxygen atoms in total. The summed E-state index contributed by atoms with van der Waals surface area (Å²) in [5.41, 5.74) is 2.11. The van der Waals surface area contributed by atoms with Gasteiger partial charge in [0.1, 0.15) is 5.82 Å². The van der Waals surface area contributed by atoms with Gasteiger partial charge in [-0.15, -0.1) is 0 Å². The molecular weight excluding hydrogens is 254 g/mol. The summed E-state index contributed by atoms with van der Waals surface area (Å²) >= 11 is 1.54. The first-order chi connectivity index (χ1) is 9.22. The fourth-order valence-corrected chi connectivity index (χ4v) is 2.14. The molecule has 1 aromatic carbocycles. The van der Waals surface area contributed by atoms with Crippen LogP contribution in [0.1, 0.15) is 11.3 Å². The predicted molar refractivity (Wildman–Crippen MR) is 82.5 cm³/mol. The van der Waals surface area contributed by atoms with E-state index in [1.165, 1.54) is 17.3 Å². The highest BCUT2D eigenvalue weighted by Crippen LogP contribution is 2.18. The Morgan fingerprint density at radius 1 is 1.26 bits per heavy atom. The first-order valence-corrected chi connectivity index (χ1v) is 7.26. The van der Waals surface area contributed by atoms with Crippen molar-refractivity contribution in [3.8, 4) is 0 Å². The van der Waals surface area contributed by atoms with Crippen LogP contribution in [0.5, 0.6) is 0 Å². The van der Waals surface area contributed by atoms with Crippen molar-refractivity contribution in [1.29, 1.82) is 0 Å². The van der Waals surface area contributed by atoms with E-state index in [-0.39, 0.29) is 0 Å². The normalized spacial score (nSPS) is 10.2. The predicted octanol–water partition coefficient (Wildman–Crippen LogP) is 3.48. The topological polar surface area (TPSA) is 29.0 Å². The Hall–Kier alpha value is -1.81. The summed E-state index contributed by atoms with van der Waals surface area (Å²) in [6, 6.07) is 12.3. The van der Waals surface area contributed by atoms with Crippen molar-refractivity contribution in [2.75, 3.05) is 18.2 Å². The molecule has 0 spiro atoms. The van der Waals surface area contributed by atoms with Gasteiger partial charge in [-0.2, -0.15) is 0 Å². The zero-order chi connectivity index (χ0) is 13.7. The minimum Gasteiger partial charge on any atom is -0.355 e. The fourth-order valence-electron chi connectivity index (χ4n) is 1.76. The Kier molecular flexibility index (Phi) is 4.58. The first kappa shape index (κ1) is 13.6. The third-order valence-electron chi connectivity index (χ3n) is 2.76. The number of hydrogen-bond donors (Lipinski definition) is 0. The number of thioether (sulfide) groups is 1. The highest BCUT2D eigenvalue weighted by Gasteiger charge is 2.07. The smallest absolute Gasteiger partial charge is 0.189 e. The lowest BCUT2D eigenvalue weighted by Crippen LogP contribution is -2.18. The highest BCUT2D eigenvalue weighted by molar-refractivity contribution is 7.98. The average Bonchev–Trinajstić information content (AvgIpc) is 2.47. The monoisotopic (exact) mass is 271 g/mol. The van der Waals surface area contributed by atoms with E-state index in [1.54, 1.807) is 6.08 Å². The summed E-state index contributed by atoms with van der Waals surface area (Å²) in [6.07, 6.45) is 3.73. The molecule has 0 unspecified atom stereocenters. The lowest BCUT2D eigenvalue weighted by Gasteiger charge is -2.19. The van der Waals surface area contributed by atoms with Crippen molar-refractivity contribution in [2.45, 2.75) is 11.7 Å². The summed E-state index contributed by atoms with van der Waals surface area (Å²) in [5.74, 6) is 0.915. The molecule has 0 radical (unpaired) electrons. The van der Waals surface area contributed by atoms with Crippen molar-refractivity contribution in [3.63, 3.8) is 0 Å². The van der Waals surface area contributed by atoms with Gasteiger partial charge >= 0.3 is 0 Å². The molecule has 0 fully saturated rings. The minimum atomic E-state index is 0.771. The zero-order valence-corrected chi connectivity index (χ0v) is 12.0. The van der Waals surface area contributed by atoms with Gasteiger partial charge in [0, 0.05) is 19.7 Å². The summed E-state index contributed by atoms with van der Waals surface area (Å²) in [5, 5.41) is 0.771. The number of benzene rings is 1. The quantitative estimate of drug-likeness (QED) is 0.615. The maximum Gasteiger partial charge on any atom is 0.189 e. The minimum absolute atomic E-state index is 0.771. The lowest BCUT2D eigenvalue weighted by molar-refractivity contribution is 0.854. The van der Waals surface area contributed by atoms with Crippen LogP contribution in [0.15, 0.2) is 48.1 Å². The van der Waals surface area contributed by atoms with E-state index in [4.69, 9.17) is 0 Å². The maximum atomic E-state index is 4.53. The van der Waals surface area contributed by atoms with Gasteiger partial charge in [-0.05, 0) is 17.9 Å². The van der Waals surface area contributed by atoms with Gasteiger partial charge in [0.2, 0.25) is 0 Å². The standard InChI is InChI=1S/C15H17N3S/c1-4-13-10-14(17-15(16-13)19-3)18(2)11-12-8-6-5-7-9-12/h4-10H,1,11H2,2-3H3. The molecule has 2 aromatic rings. The van der Waals surface area contributed by atoms with E-state index in [0.717, 1.165) is 23.2 Å². The van der Waals surface area contributed by atoms with Crippen LogP contribution in [0, 0.1) is 0 Å². The highest BCUT2D eigenvalue weighted by atomic mass is 32.2. The van der Waals surface area contributed by atoms with Crippen molar-refractivity contribution >= 4 is 23.7 Å². The Balaban J connectivity index is 2.23. The number of hydrogen-bond acceptors (Lipinski definition) is 4. The number of anilines is 1. The average molecular weight is 271 g/mol. The second-order valence-corrected chi connectivity index (χ2v) is 4.96. The van der Waals surface area contributed by atoms with Crippen LogP contribution >= 0.6 is 11.8 Å². The van der Waals surface area contributed by atoms with Crippen LogP contribution in [0.3, 0.4) is 0 Å². The van der Waals surface area contributed by atoms with Crippen LogP contribution in [0.25, 0.3) is 6.08 Å². The van der Waals surface area contributed by atoms with E-state index in [2.05, 4.69) is 33.6 Å². The van der Waals surface area contributed by atoms with Crippen LogP contribution in [-0.2, 0) is 6.54 Å². The largest absolute Gasteiger partial charge is 0.355 e. The van der Waals surface area contributed by atoms with Crippen molar-refractivity contribution in [3.05, 3.63) is 54.2 Å². The van der Waals surface area contributed by atoms with Crippen LogP contribution in [-0.4, -0.2) is 23.3 Å². The molecule has 0 aliphatic rings. The Labute approximate surface area is 118 Å². The summed E-state index contributed by atoms with van der Waals surface area (Å²) in [7, 11) is 2.03. The lowest BCUT2D eigenvalue weighted by atomic mass is 10.2. The molecule has 0 aliphatic carbocycles. The van der Waals surface area contributed by atoms with Gasteiger partial charge < -0.3 is 4.90 Å². The molecule has 98 valence electrons. The second-order valence-electron chi connectivity index (χ2n) is 4.18. The first-order valence-electron chi connectivity index (χ1n) is 6.03. The van der Waals surface area contributed by atoms with Crippen LogP contribution in [0.4, 0.5) is 5.82 Å². The zero-order valence-electron chi connectivity index (χ0n) is 11.2. The molecule has 0 amide bonds. The van der Waals surface area contributed by atoms with Gasteiger partial charge in [0.05, 0.1) is 5.69 Å². The summed E-state index contributed by atoms with van der Waals surface area (Å²) in [6.45, 7) is 4.59. The van der Waals surface area contributed by atoms with Gasteiger partial charge in [-0.25, -0.2) is 9.97 Å². The van der Waals surface area contributed by atoms with Gasteiger partial charge in [-0.3, -0.25) is 0 Å². The molecule has 2 rings (SSSR count). The molecule has 1 heterocycles. The molecule has 0 N–H and O–H groups in total. The van der Waals surface area contributed by atoms with Crippen LogP contribution in [0.2, 0.25) is 0 Å². The molecule has 1 aromatic heterocycles. The molecule has 0 saturated heterocycles. The number of nitrogens with zero attached hydrogens (tertiary/aromatic N) is 3. The summed E-state index contributed by atoms with van der Waals surface area (Å²) in [4.78, 5) is 11.0. The van der Waals surface area contributed by atoms with E-state index >= 15 is 0 Å². The Morgan fingerprint density at radius 2 is 2.00 bits per heavy atom. The molecule has 4 heteroatoms. The Bertz CT molecular complexity index is 555. The Morgan fingerprint density at radius 3 is 2.63 bits per heavy atom. The maximum absolute atomic E-state index is 4.53. The third kappa shape index (κ3) is 3.58. The van der Waals surface area contributed by atoms with E-state index in [9.17, 15) is 0 Å². The van der Waals surface area contributed by atoms with Crippen LogP contribution < -0.4 is 4.90 Å². The summed E-state index contributed by atoms with van der Waals surface area (Å²) < 4.78 is 0. The third-order valence-corrected chi connectivity index (χ3v) is 3.31. The molecule has 0 saturated carbocycles. The molecule has 19 heavy (non-hydrogen) atoms. The molecule has 0 atom stereocenters. The van der Waals surface area contributed by atoms with E-state index < -0.39 is 0 Å². The van der Waals surface area contributed by atoms with Crippen molar-refractivity contribution < 1.29 is 0 Å². The van der Waals surface area contributed by atoms with Gasteiger partial charge in [0.15, 0.2) is 5.16 Å². The molecule has 0 bridgehead atoms. The van der Waals surface area contributed by atoms with Gasteiger partial charge in [0.25, 0.3) is 0 Å². The SMILES string of the molecule is C=Cc1cc(N(C)Cc2ccccc2)nc(SC)n1. The van der Waals surface area contributed by atoms with Crippen molar-refractivity contribution in [2.24, 2.45) is 0 Å². The fraction of sp³-hybridized carbons (Fsp3) is 0.200. The number of aromatic nitrogens is 2. The van der Waals surface area contributed by atoms with Crippen molar-refractivity contribution in [1.82, 2.24) is 9.97 Å².